The SMILES string of the molecule is C.CC.CC(C)c1ccoc1C(C)C. The molecule has 0 aliphatic carbocycles. The summed E-state index contributed by atoms with van der Waals surface area (Å²) in [5, 5.41) is 0. The van der Waals surface area contributed by atoms with Gasteiger partial charge in [-0.2, -0.15) is 0 Å². The van der Waals surface area contributed by atoms with Gasteiger partial charge in [0.15, 0.2) is 0 Å². The molecule has 1 aromatic heterocycles. The lowest BCUT2D eigenvalue weighted by Crippen LogP contribution is -1.93. The lowest BCUT2D eigenvalue weighted by Gasteiger charge is -2.07. The first-order valence-corrected chi connectivity index (χ1v) is 5.20. The summed E-state index contributed by atoms with van der Waals surface area (Å²) in [6.45, 7) is 12.7. The minimum atomic E-state index is 0. The molecule has 0 unspecified atom stereocenters. The molecule has 0 aliphatic heterocycles. The maximum atomic E-state index is 5.39. The van der Waals surface area contributed by atoms with Crippen LogP contribution in [0.3, 0.4) is 0 Å². The Morgan fingerprint density at radius 3 is 1.79 bits per heavy atom. The molecule has 0 atom stereocenters. The third kappa shape index (κ3) is 3.99. The molecule has 0 saturated carbocycles. The molecule has 0 amide bonds. The lowest BCUT2D eigenvalue weighted by atomic mass is 9.99. The zero-order chi connectivity index (χ0) is 10.4. The predicted molar refractivity (Wildman–Crippen MR) is 65.0 cm³/mol. The van der Waals surface area contributed by atoms with Crippen LogP contribution in [0.15, 0.2) is 16.7 Å². The van der Waals surface area contributed by atoms with E-state index in [1.165, 1.54) is 5.56 Å². The minimum absolute atomic E-state index is 0. The number of hydrogen-bond acceptors (Lipinski definition) is 1. The molecule has 0 saturated heterocycles. The van der Waals surface area contributed by atoms with E-state index in [9.17, 15) is 0 Å². The lowest BCUT2D eigenvalue weighted by molar-refractivity contribution is 0.479. The molecule has 0 fully saturated rings. The van der Waals surface area contributed by atoms with E-state index in [0.717, 1.165) is 5.76 Å². The summed E-state index contributed by atoms with van der Waals surface area (Å²) in [5.74, 6) is 2.22. The monoisotopic (exact) mass is 198 g/mol. The van der Waals surface area contributed by atoms with Gasteiger partial charge in [0.05, 0.1) is 6.26 Å². The molecule has 0 radical (unpaired) electrons. The Bertz CT molecular complexity index is 198. The van der Waals surface area contributed by atoms with Gasteiger partial charge in [0.1, 0.15) is 5.76 Å². The highest BCUT2D eigenvalue weighted by Crippen LogP contribution is 2.26. The van der Waals surface area contributed by atoms with E-state index in [1.807, 2.05) is 13.8 Å². The Hall–Kier alpha value is -0.720. The first kappa shape index (κ1) is 15.7. The van der Waals surface area contributed by atoms with Crippen molar-refractivity contribution in [2.45, 2.75) is 60.8 Å². The summed E-state index contributed by atoms with van der Waals surface area (Å²) in [6, 6.07) is 2.07. The van der Waals surface area contributed by atoms with Gasteiger partial charge in [-0.15, -0.1) is 0 Å². The van der Waals surface area contributed by atoms with Crippen LogP contribution in [-0.4, -0.2) is 0 Å². The van der Waals surface area contributed by atoms with E-state index in [0.29, 0.717) is 11.8 Å². The highest BCUT2D eigenvalue weighted by atomic mass is 16.3. The van der Waals surface area contributed by atoms with Crippen molar-refractivity contribution in [3.8, 4) is 0 Å². The van der Waals surface area contributed by atoms with Crippen LogP contribution in [0, 0.1) is 0 Å². The molecule has 14 heavy (non-hydrogen) atoms. The highest BCUT2D eigenvalue weighted by Gasteiger charge is 2.12. The minimum Gasteiger partial charge on any atom is -0.469 e. The van der Waals surface area contributed by atoms with E-state index in [-0.39, 0.29) is 7.43 Å². The van der Waals surface area contributed by atoms with Crippen LogP contribution >= 0.6 is 0 Å². The van der Waals surface area contributed by atoms with Crippen LogP contribution in [0.1, 0.15) is 72.1 Å². The Morgan fingerprint density at radius 2 is 1.50 bits per heavy atom. The van der Waals surface area contributed by atoms with Gasteiger partial charge in [-0.05, 0) is 17.5 Å². The van der Waals surface area contributed by atoms with Crippen molar-refractivity contribution < 1.29 is 4.42 Å². The van der Waals surface area contributed by atoms with E-state index in [2.05, 4.69) is 33.8 Å². The fraction of sp³-hybridized carbons (Fsp3) is 0.692. The topological polar surface area (TPSA) is 13.1 Å². The summed E-state index contributed by atoms with van der Waals surface area (Å²) >= 11 is 0. The Balaban J connectivity index is 0. The number of rotatable bonds is 2. The van der Waals surface area contributed by atoms with Crippen LogP contribution in [0.5, 0.6) is 0 Å². The first-order valence-electron chi connectivity index (χ1n) is 5.20. The van der Waals surface area contributed by atoms with Gasteiger partial charge >= 0.3 is 0 Å². The predicted octanol–water partition coefficient (Wildman–Crippen LogP) is 5.19. The molecule has 0 N–H and O–H groups in total. The van der Waals surface area contributed by atoms with Crippen molar-refractivity contribution in [1.82, 2.24) is 0 Å². The standard InChI is InChI=1S/C10H16O.C2H6.CH4/c1-7(2)9-5-6-11-10(9)8(3)4;1-2;/h5-8H,1-4H3;1-2H3;1H4. The molecule has 84 valence electrons. The van der Waals surface area contributed by atoms with Crippen LogP contribution < -0.4 is 0 Å². The van der Waals surface area contributed by atoms with Crippen LogP contribution in [0.25, 0.3) is 0 Å². The van der Waals surface area contributed by atoms with Crippen LogP contribution in [0.2, 0.25) is 0 Å². The van der Waals surface area contributed by atoms with Crippen molar-refractivity contribution in [2.24, 2.45) is 0 Å². The van der Waals surface area contributed by atoms with Gasteiger partial charge in [-0.25, -0.2) is 0 Å². The second kappa shape index (κ2) is 7.66. The first-order chi connectivity index (χ1) is 6.13. The van der Waals surface area contributed by atoms with Gasteiger partial charge in [0.2, 0.25) is 0 Å². The van der Waals surface area contributed by atoms with Crippen LogP contribution in [-0.2, 0) is 0 Å². The Kier molecular flexibility index (Phi) is 8.61. The second-order valence-corrected chi connectivity index (χ2v) is 3.55. The summed E-state index contributed by atoms with van der Waals surface area (Å²) in [4.78, 5) is 0. The van der Waals surface area contributed by atoms with Crippen molar-refractivity contribution >= 4 is 0 Å². The largest absolute Gasteiger partial charge is 0.469 e. The Morgan fingerprint density at radius 1 is 1.00 bits per heavy atom. The fourth-order valence-electron chi connectivity index (χ4n) is 1.28. The molecule has 1 rings (SSSR count). The van der Waals surface area contributed by atoms with Gasteiger partial charge in [0, 0.05) is 5.92 Å². The molecule has 1 aromatic rings. The highest BCUT2D eigenvalue weighted by molar-refractivity contribution is 5.22. The fourth-order valence-corrected chi connectivity index (χ4v) is 1.28. The summed E-state index contributed by atoms with van der Waals surface area (Å²) in [7, 11) is 0. The molecular formula is C13H26O. The van der Waals surface area contributed by atoms with E-state index in [4.69, 9.17) is 4.42 Å². The number of hydrogen-bond donors (Lipinski definition) is 0. The van der Waals surface area contributed by atoms with Gasteiger partial charge in [-0.3, -0.25) is 0 Å². The Labute approximate surface area is 89.5 Å². The number of furan rings is 1. The van der Waals surface area contributed by atoms with Crippen LogP contribution in [0.4, 0.5) is 0 Å². The van der Waals surface area contributed by atoms with E-state index < -0.39 is 0 Å². The van der Waals surface area contributed by atoms with E-state index >= 15 is 0 Å². The molecule has 0 bridgehead atoms. The van der Waals surface area contributed by atoms with Crippen molar-refractivity contribution in [2.75, 3.05) is 0 Å². The summed E-state index contributed by atoms with van der Waals surface area (Å²) in [6.07, 6.45) is 1.78. The third-order valence-corrected chi connectivity index (χ3v) is 1.87. The maximum Gasteiger partial charge on any atom is 0.109 e. The summed E-state index contributed by atoms with van der Waals surface area (Å²) in [5.41, 5.74) is 1.35. The molecule has 1 heteroatoms. The second-order valence-electron chi connectivity index (χ2n) is 3.55. The maximum absolute atomic E-state index is 5.39. The zero-order valence-electron chi connectivity index (χ0n) is 9.72. The van der Waals surface area contributed by atoms with Crippen molar-refractivity contribution in [1.29, 1.82) is 0 Å². The normalized spacial score (nSPS) is 9.43. The molecule has 1 nitrogen and oxygen atoms in total. The van der Waals surface area contributed by atoms with Crippen molar-refractivity contribution in [3.05, 3.63) is 23.7 Å². The van der Waals surface area contributed by atoms with Gasteiger partial charge < -0.3 is 4.42 Å². The van der Waals surface area contributed by atoms with Gasteiger partial charge in [-0.1, -0.05) is 49.0 Å². The van der Waals surface area contributed by atoms with Gasteiger partial charge in [0.25, 0.3) is 0 Å². The quantitative estimate of drug-likeness (QED) is 0.637. The summed E-state index contributed by atoms with van der Waals surface area (Å²) < 4.78 is 5.39. The molecule has 0 spiro atoms. The smallest absolute Gasteiger partial charge is 0.109 e. The zero-order valence-corrected chi connectivity index (χ0v) is 9.72. The third-order valence-electron chi connectivity index (χ3n) is 1.87. The van der Waals surface area contributed by atoms with E-state index in [1.54, 1.807) is 6.26 Å². The molecule has 1 heterocycles. The average Bonchev–Trinajstić information content (AvgIpc) is 2.55. The average molecular weight is 198 g/mol. The molecule has 0 aromatic carbocycles. The molecule has 0 aliphatic rings. The molecular weight excluding hydrogens is 172 g/mol. The van der Waals surface area contributed by atoms with Crippen molar-refractivity contribution in [3.63, 3.8) is 0 Å².